The first-order chi connectivity index (χ1) is 5.07. The summed E-state index contributed by atoms with van der Waals surface area (Å²) in [6.07, 6.45) is 4.55. The van der Waals surface area contributed by atoms with Crippen molar-refractivity contribution in [1.29, 1.82) is 0 Å². The molecule has 0 unspecified atom stereocenters. The zero-order valence-electron chi connectivity index (χ0n) is 8.28. The third kappa shape index (κ3) is 4.83. The molecule has 0 aliphatic rings. The van der Waals surface area contributed by atoms with E-state index >= 15 is 0 Å². The van der Waals surface area contributed by atoms with E-state index in [1.165, 1.54) is 12.0 Å². The second kappa shape index (κ2) is 5.17. The molecular formula is C11H20. The van der Waals surface area contributed by atoms with Crippen LogP contribution in [-0.4, -0.2) is 0 Å². The molecule has 0 aliphatic heterocycles. The molecule has 64 valence electrons. The van der Waals surface area contributed by atoms with Crippen molar-refractivity contribution in [2.45, 2.75) is 40.5 Å². The average molecular weight is 152 g/mol. The Labute approximate surface area is 71.0 Å². The van der Waals surface area contributed by atoms with Gasteiger partial charge >= 0.3 is 0 Å². The van der Waals surface area contributed by atoms with E-state index in [0.717, 1.165) is 6.42 Å². The molecule has 0 atom stereocenters. The van der Waals surface area contributed by atoms with Gasteiger partial charge in [0.05, 0.1) is 0 Å². The highest BCUT2D eigenvalue weighted by atomic mass is 14.1. The Morgan fingerprint density at radius 2 is 1.91 bits per heavy atom. The molecule has 0 saturated carbocycles. The van der Waals surface area contributed by atoms with Gasteiger partial charge in [-0.25, -0.2) is 0 Å². The van der Waals surface area contributed by atoms with Crippen molar-refractivity contribution < 1.29 is 0 Å². The summed E-state index contributed by atoms with van der Waals surface area (Å²) in [5, 5.41) is 0. The van der Waals surface area contributed by atoms with E-state index in [9.17, 15) is 0 Å². The van der Waals surface area contributed by atoms with Crippen LogP contribution in [0.1, 0.15) is 40.5 Å². The fraction of sp³-hybridized carbons (Fsp3) is 0.636. The van der Waals surface area contributed by atoms with Crippen LogP contribution in [0.5, 0.6) is 0 Å². The van der Waals surface area contributed by atoms with Gasteiger partial charge in [0, 0.05) is 0 Å². The average Bonchev–Trinajstić information content (AvgIpc) is 1.87. The molecule has 0 rings (SSSR count). The van der Waals surface area contributed by atoms with E-state index in [1.807, 2.05) is 0 Å². The Morgan fingerprint density at radius 3 is 2.18 bits per heavy atom. The van der Waals surface area contributed by atoms with Crippen molar-refractivity contribution in [2.75, 3.05) is 0 Å². The molecule has 0 aromatic rings. The summed E-state index contributed by atoms with van der Waals surface area (Å²) in [5.41, 5.74) is 2.83. The molecule has 0 bridgehead atoms. The number of allylic oxidation sites excluding steroid dienone is 3. The van der Waals surface area contributed by atoms with Gasteiger partial charge in [-0.15, -0.1) is 6.58 Å². The Hall–Kier alpha value is -0.520. The molecule has 0 aromatic heterocycles. The zero-order valence-corrected chi connectivity index (χ0v) is 8.28. The summed E-state index contributed by atoms with van der Waals surface area (Å²) in [6.45, 7) is 12.6. The highest BCUT2D eigenvalue weighted by Crippen LogP contribution is 2.17. The van der Waals surface area contributed by atoms with E-state index in [2.05, 4.69) is 40.3 Å². The molecule has 0 radical (unpaired) electrons. The van der Waals surface area contributed by atoms with Gasteiger partial charge in [-0.2, -0.15) is 0 Å². The van der Waals surface area contributed by atoms with Crippen LogP contribution in [0.4, 0.5) is 0 Å². The van der Waals surface area contributed by atoms with E-state index in [1.54, 1.807) is 5.57 Å². The standard InChI is InChI=1S/C11H20/c1-6-11(10(4)5)8-7-9(2)3/h6,10H,2,7-8H2,1,3-5H3/b11-6+. The largest absolute Gasteiger partial charge is 0.100 e. The summed E-state index contributed by atoms with van der Waals surface area (Å²) < 4.78 is 0. The van der Waals surface area contributed by atoms with Gasteiger partial charge < -0.3 is 0 Å². The Morgan fingerprint density at radius 1 is 1.36 bits per heavy atom. The lowest BCUT2D eigenvalue weighted by atomic mass is 9.97. The molecule has 0 saturated heterocycles. The topological polar surface area (TPSA) is 0 Å². The van der Waals surface area contributed by atoms with Gasteiger partial charge in [0.15, 0.2) is 0 Å². The first-order valence-corrected chi connectivity index (χ1v) is 4.37. The third-order valence-electron chi connectivity index (χ3n) is 1.95. The van der Waals surface area contributed by atoms with Crippen LogP contribution >= 0.6 is 0 Å². The summed E-state index contributed by atoms with van der Waals surface area (Å²) in [7, 11) is 0. The predicted octanol–water partition coefficient (Wildman–Crippen LogP) is 3.95. The second-order valence-corrected chi connectivity index (χ2v) is 3.48. The second-order valence-electron chi connectivity index (χ2n) is 3.48. The smallest absolute Gasteiger partial charge is 0.0260 e. The molecular weight excluding hydrogens is 132 g/mol. The molecule has 0 fully saturated rings. The van der Waals surface area contributed by atoms with Crippen molar-refractivity contribution in [3.05, 3.63) is 23.8 Å². The van der Waals surface area contributed by atoms with E-state index in [0.29, 0.717) is 5.92 Å². The van der Waals surface area contributed by atoms with Crippen molar-refractivity contribution in [2.24, 2.45) is 5.92 Å². The predicted molar refractivity (Wildman–Crippen MR) is 52.6 cm³/mol. The van der Waals surface area contributed by atoms with Crippen LogP contribution < -0.4 is 0 Å². The van der Waals surface area contributed by atoms with Crippen molar-refractivity contribution in [3.8, 4) is 0 Å². The normalized spacial score (nSPS) is 12.3. The Balaban J connectivity index is 3.81. The fourth-order valence-corrected chi connectivity index (χ4v) is 1.12. The molecule has 0 N–H and O–H groups in total. The minimum absolute atomic E-state index is 0.694. The summed E-state index contributed by atoms with van der Waals surface area (Å²) in [4.78, 5) is 0. The molecule has 11 heavy (non-hydrogen) atoms. The maximum absolute atomic E-state index is 3.89. The quantitative estimate of drug-likeness (QED) is 0.535. The number of hydrogen-bond donors (Lipinski definition) is 0. The third-order valence-corrected chi connectivity index (χ3v) is 1.95. The molecule has 0 amide bonds. The van der Waals surface area contributed by atoms with Gasteiger partial charge in [-0.1, -0.05) is 31.1 Å². The molecule has 0 heteroatoms. The van der Waals surface area contributed by atoms with E-state index in [4.69, 9.17) is 0 Å². The van der Waals surface area contributed by atoms with E-state index < -0.39 is 0 Å². The van der Waals surface area contributed by atoms with Crippen molar-refractivity contribution >= 4 is 0 Å². The number of hydrogen-bond acceptors (Lipinski definition) is 0. The van der Waals surface area contributed by atoms with Gasteiger partial charge in [0.25, 0.3) is 0 Å². The fourth-order valence-electron chi connectivity index (χ4n) is 1.12. The van der Waals surface area contributed by atoms with Gasteiger partial charge in [0.2, 0.25) is 0 Å². The molecule has 0 spiro atoms. The van der Waals surface area contributed by atoms with Crippen molar-refractivity contribution in [1.82, 2.24) is 0 Å². The maximum atomic E-state index is 3.89. The lowest BCUT2D eigenvalue weighted by Crippen LogP contribution is -1.93. The molecule has 0 nitrogen and oxygen atoms in total. The van der Waals surface area contributed by atoms with Gasteiger partial charge in [-0.05, 0) is 32.6 Å². The Kier molecular flexibility index (Phi) is 4.93. The zero-order chi connectivity index (χ0) is 8.85. The molecule has 0 aromatic carbocycles. The van der Waals surface area contributed by atoms with Gasteiger partial charge in [0.1, 0.15) is 0 Å². The lowest BCUT2D eigenvalue weighted by molar-refractivity contribution is 0.706. The van der Waals surface area contributed by atoms with Crippen LogP contribution in [0, 0.1) is 5.92 Å². The monoisotopic (exact) mass is 152 g/mol. The Bertz CT molecular complexity index is 149. The van der Waals surface area contributed by atoms with Crippen LogP contribution in [-0.2, 0) is 0 Å². The highest BCUT2D eigenvalue weighted by Gasteiger charge is 2.00. The summed E-state index contributed by atoms with van der Waals surface area (Å²) in [5.74, 6) is 0.694. The molecule has 0 heterocycles. The summed E-state index contributed by atoms with van der Waals surface area (Å²) in [6, 6.07) is 0. The lowest BCUT2D eigenvalue weighted by Gasteiger charge is -2.09. The first-order valence-electron chi connectivity index (χ1n) is 4.37. The van der Waals surface area contributed by atoms with Crippen LogP contribution in [0.3, 0.4) is 0 Å². The minimum Gasteiger partial charge on any atom is -0.100 e. The number of rotatable bonds is 4. The van der Waals surface area contributed by atoms with Crippen LogP contribution in [0.25, 0.3) is 0 Å². The van der Waals surface area contributed by atoms with Crippen molar-refractivity contribution in [3.63, 3.8) is 0 Å². The van der Waals surface area contributed by atoms with Crippen LogP contribution in [0.2, 0.25) is 0 Å². The highest BCUT2D eigenvalue weighted by molar-refractivity contribution is 5.06. The van der Waals surface area contributed by atoms with E-state index in [-0.39, 0.29) is 0 Å². The first kappa shape index (κ1) is 10.5. The van der Waals surface area contributed by atoms with Gasteiger partial charge in [-0.3, -0.25) is 0 Å². The SMILES string of the molecule is C=C(C)CC/C(=C\C)C(C)C. The van der Waals surface area contributed by atoms with Crippen LogP contribution in [0.15, 0.2) is 23.8 Å². The molecule has 0 aliphatic carbocycles. The maximum Gasteiger partial charge on any atom is -0.0260 e. The summed E-state index contributed by atoms with van der Waals surface area (Å²) >= 11 is 0. The minimum atomic E-state index is 0.694.